The number of esters is 1. The van der Waals surface area contributed by atoms with E-state index in [0.29, 0.717) is 6.61 Å². The molecule has 0 aliphatic carbocycles. The highest BCUT2D eigenvalue weighted by molar-refractivity contribution is 5.85. The summed E-state index contributed by atoms with van der Waals surface area (Å²) < 4.78 is 5.10. The van der Waals surface area contributed by atoms with Crippen LogP contribution in [0.4, 0.5) is 5.69 Å². The minimum absolute atomic E-state index is 0.207. The summed E-state index contributed by atoms with van der Waals surface area (Å²) in [7, 11) is 0. The first-order valence-electron chi connectivity index (χ1n) is 9.07. The van der Waals surface area contributed by atoms with Gasteiger partial charge in [-0.3, -0.25) is 0 Å². The van der Waals surface area contributed by atoms with Gasteiger partial charge in [0.2, 0.25) is 0 Å². The fourth-order valence-corrected chi connectivity index (χ4v) is 3.27. The Labute approximate surface area is 155 Å². The number of nitrogens with zero attached hydrogens (tertiary/aromatic N) is 1. The van der Waals surface area contributed by atoms with Gasteiger partial charge in [0.05, 0.1) is 12.6 Å². The summed E-state index contributed by atoms with van der Waals surface area (Å²) in [5.74, 6) is -0.0300. The zero-order chi connectivity index (χ0) is 18.5. The number of aryl methyl sites for hydroxylation is 1. The van der Waals surface area contributed by atoms with Crippen LogP contribution >= 0.6 is 0 Å². The van der Waals surface area contributed by atoms with Crippen molar-refractivity contribution in [1.29, 1.82) is 0 Å². The molecule has 2 atom stereocenters. The zero-order valence-electron chi connectivity index (χ0n) is 15.6. The minimum Gasteiger partial charge on any atom is -0.463 e. The van der Waals surface area contributed by atoms with Crippen LogP contribution in [0.2, 0.25) is 0 Å². The third-order valence-electron chi connectivity index (χ3n) is 4.71. The molecular weight excluding hydrogens is 322 g/mol. The van der Waals surface area contributed by atoms with Crippen molar-refractivity contribution in [3.8, 4) is 0 Å². The molecule has 1 heterocycles. The Bertz CT molecular complexity index is 806. The van der Waals surface area contributed by atoms with Gasteiger partial charge in [-0.05, 0) is 31.5 Å². The highest BCUT2D eigenvalue weighted by Gasteiger charge is 2.40. The average Bonchev–Trinajstić information content (AvgIpc) is 2.65. The highest BCUT2D eigenvalue weighted by atomic mass is 16.5. The average molecular weight is 347 g/mol. The first-order valence-corrected chi connectivity index (χ1v) is 9.07. The second-order valence-electron chi connectivity index (χ2n) is 6.58. The first-order chi connectivity index (χ1) is 12.6. The van der Waals surface area contributed by atoms with Crippen LogP contribution < -0.4 is 4.90 Å². The second-order valence-corrected chi connectivity index (χ2v) is 6.58. The number of anilines is 1. The van der Waals surface area contributed by atoms with Gasteiger partial charge in [-0.1, -0.05) is 67.1 Å². The summed E-state index contributed by atoms with van der Waals surface area (Å²) in [6.07, 6.45) is 5.98. The smallest absolute Gasteiger partial charge is 0.332 e. The molecule has 0 radical (unpaired) electrons. The maximum Gasteiger partial charge on any atom is 0.332 e. The van der Waals surface area contributed by atoms with Crippen molar-refractivity contribution in [1.82, 2.24) is 0 Å². The van der Waals surface area contributed by atoms with Crippen LogP contribution in [-0.4, -0.2) is 18.6 Å². The number of carbonyl (C=O) groups excluding carboxylic acids is 1. The molecule has 1 aliphatic rings. The Balaban J connectivity index is 1.89. The van der Waals surface area contributed by atoms with E-state index in [1.54, 1.807) is 6.08 Å². The van der Waals surface area contributed by atoms with Crippen LogP contribution in [0.25, 0.3) is 6.08 Å². The molecule has 3 nitrogen and oxygen atoms in total. The van der Waals surface area contributed by atoms with Crippen molar-refractivity contribution in [3.05, 3.63) is 83.6 Å². The van der Waals surface area contributed by atoms with Gasteiger partial charge >= 0.3 is 5.97 Å². The van der Waals surface area contributed by atoms with E-state index in [-0.39, 0.29) is 17.9 Å². The number of benzene rings is 2. The fourth-order valence-electron chi connectivity index (χ4n) is 3.27. The molecule has 0 saturated carbocycles. The molecule has 0 amide bonds. The normalized spacial score (nSPS) is 21.0. The van der Waals surface area contributed by atoms with Gasteiger partial charge in [-0.15, -0.1) is 0 Å². The second kappa shape index (κ2) is 8.05. The first kappa shape index (κ1) is 18.0. The lowest BCUT2D eigenvalue weighted by molar-refractivity contribution is -0.137. The molecular formula is C23H25NO2. The summed E-state index contributed by atoms with van der Waals surface area (Å²) in [4.78, 5) is 14.2. The monoisotopic (exact) mass is 347 g/mol. The Hall–Kier alpha value is -2.81. The molecule has 2 aromatic rings. The molecule has 3 rings (SSSR count). The van der Waals surface area contributed by atoms with Gasteiger partial charge in [-0.25, -0.2) is 4.79 Å². The van der Waals surface area contributed by atoms with Gasteiger partial charge in [0, 0.05) is 23.4 Å². The molecule has 0 bridgehead atoms. The molecule has 1 saturated heterocycles. The molecule has 2 unspecified atom stereocenters. The van der Waals surface area contributed by atoms with Crippen LogP contribution in [0.5, 0.6) is 0 Å². The van der Waals surface area contributed by atoms with Crippen molar-refractivity contribution >= 4 is 17.7 Å². The number of hydrogen-bond donors (Lipinski definition) is 0. The quantitative estimate of drug-likeness (QED) is 0.564. The molecule has 0 N–H and O–H groups in total. The van der Waals surface area contributed by atoms with Gasteiger partial charge in [0.1, 0.15) is 0 Å². The van der Waals surface area contributed by atoms with Crippen molar-refractivity contribution in [2.45, 2.75) is 26.8 Å². The van der Waals surface area contributed by atoms with E-state index in [0.717, 1.165) is 11.4 Å². The Morgan fingerprint density at radius 2 is 1.81 bits per heavy atom. The lowest BCUT2D eigenvalue weighted by atomic mass is 9.84. The molecule has 3 heteroatoms. The predicted octanol–water partition coefficient (Wildman–Crippen LogP) is 4.98. The Kier molecular flexibility index (Phi) is 5.57. The lowest BCUT2D eigenvalue weighted by Crippen LogP contribution is -2.52. The highest BCUT2D eigenvalue weighted by Crippen LogP contribution is 2.41. The van der Waals surface area contributed by atoms with Crippen LogP contribution in [0.1, 0.15) is 25.0 Å². The van der Waals surface area contributed by atoms with Crippen LogP contribution in [0, 0.1) is 12.8 Å². The van der Waals surface area contributed by atoms with E-state index in [2.05, 4.69) is 67.3 Å². The molecule has 0 aromatic heterocycles. The van der Waals surface area contributed by atoms with Crippen LogP contribution in [0.3, 0.4) is 0 Å². The fraction of sp³-hybridized carbons (Fsp3) is 0.261. The largest absolute Gasteiger partial charge is 0.463 e. The Morgan fingerprint density at radius 3 is 2.46 bits per heavy atom. The van der Waals surface area contributed by atoms with E-state index in [9.17, 15) is 4.79 Å². The number of carbonyl (C=O) groups is 1. The maximum atomic E-state index is 12.0. The van der Waals surface area contributed by atoms with Crippen molar-refractivity contribution in [2.75, 3.05) is 11.5 Å². The van der Waals surface area contributed by atoms with Gasteiger partial charge in [0.25, 0.3) is 0 Å². The van der Waals surface area contributed by atoms with Crippen molar-refractivity contribution < 1.29 is 9.53 Å². The third kappa shape index (κ3) is 3.88. The van der Waals surface area contributed by atoms with E-state index in [1.165, 1.54) is 11.1 Å². The standard InChI is InChI=1S/C23H25NO2/c1-4-26-23(25)16-22-18(3)21(15-12-19-8-6-5-7-9-19)24(22)20-13-10-17(2)11-14-20/h5-16,18,21H,4H2,1-3H3/b15-12+,22-16-. The molecule has 2 aromatic carbocycles. The molecule has 1 aliphatic heterocycles. The molecule has 134 valence electrons. The van der Waals surface area contributed by atoms with E-state index >= 15 is 0 Å². The summed E-state index contributed by atoms with van der Waals surface area (Å²) >= 11 is 0. The van der Waals surface area contributed by atoms with E-state index in [4.69, 9.17) is 4.74 Å². The predicted molar refractivity (Wildman–Crippen MR) is 107 cm³/mol. The van der Waals surface area contributed by atoms with E-state index < -0.39 is 0 Å². The van der Waals surface area contributed by atoms with Crippen molar-refractivity contribution in [2.24, 2.45) is 5.92 Å². The zero-order valence-corrected chi connectivity index (χ0v) is 15.6. The molecule has 26 heavy (non-hydrogen) atoms. The van der Waals surface area contributed by atoms with Crippen LogP contribution in [0.15, 0.2) is 72.4 Å². The third-order valence-corrected chi connectivity index (χ3v) is 4.71. The van der Waals surface area contributed by atoms with Gasteiger partial charge in [0.15, 0.2) is 0 Å². The molecule has 1 fully saturated rings. The SMILES string of the molecule is CCOC(=O)/C=C1/C(C)C(/C=C/c2ccccc2)N1c1ccc(C)cc1. The molecule has 0 spiro atoms. The number of ether oxygens (including phenoxy) is 1. The Morgan fingerprint density at radius 1 is 1.12 bits per heavy atom. The maximum absolute atomic E-state index is 12.0. The van der Waals surface area contributed by atoms with Crippen molar-refractivity contribution in [3.63, 3.8) is 0 Å². The summed E-state index contributed by atoms with van der Waals surface area (Å²) in [6.45, 7) is 6.43. The van der Waals surface area contributed by atoms with Crippen LogP contribution in [-0.2, 0) is 9.53 Å². The van der Waals surface area contributed by atoms with E-state index in [1.807, 2.05) is 25.1 Å². The van der Waals surface area contributed by atoms with Gasteiger partial charge in [-0.2, -0.15) is 0 Å². The summed E-state index contributed by atoms with van der Waals surface area (Å²) in [5.41, 5.74) is 4.47. The van der Waals surface area contributed by atoms with Gasteiger partial charge < -0.3 is 9.64 Å². The summed E-state index contributed by atoms with van der Waals surface area (Å²) in [5, 5.41) is 0. The lowest BCUT2D eigenvalue weighted by Gasteiger charge is -2.49. The topological polar surface area (TPSA) is 29.5 Å². The minimum atomic E-state index is -0.281. The number of hydrogen-bond acceptors (Lipinski definition) is 3. The number of rotatable bonds is 5. The summed E-state index contributed by atoms with van der Waals surface area (Å²) in [6, 6.07) is 18.9.